The topological polar surface area (TPSA) is 80.3 Å². The van der Waals surface area contributed by atoms with Crippen molar-refractivity contribution in [3.05, 3.63) is 65.2 Å². The fourth-order valence-electron chi connectivity index (χ4n) is 2.55. The number of rotatable bonds is 7. The Morgan fingerprint density at radius 3 is 2.32 bits per heavy atom. The second-order valence-corrected chi connectivity index (χ2v) is 7.18. The summed E-state index contributed by atoms with van der Waals surface area (Å²) in [5, 5.41) is 6.73. The van der Waals surface area contributed by atoms with Crippen LogP contribution < -0.4 is 15.4 Å². The Morgan fingerprint density at radius 1 is 1.03 bits per heavy atom. The Balaban J connectivity index is 1.61. The van der Waals surface area contributed by atoms with Gasteiger partial charge in [-0.05, 0) is 55.5 Å². The van der Waals surface area contributed by atoms with Crippen molar-refractivity contribution in [1.82, 2.24) is 10.3 Å². The third-order valence-corrected chi connectivity index (χ3v) is 4.89. The van der Waals surface area contributed by atoms with Crippen molar-refractivity contribution in [1.29, 1.82) is 0 Å². The molecule has 6 nitrogen and oxygen atoms in total. The molecule has 1 aromatic heterocycles. The number of aromatic nitrogens is 1. The molecule has 0 unspecified atom stereocenters. The summed E-state index contributed by atoms with van der Waals surface area (Å²) >= 11 is 1.32. The van der Waals surface area contributed by atoms with E-state index in [1.165, 1.54) is 35.6 Å². The Morgan fingerprint density at radius 2 is 1.71 bits per heavy atom. The molecule has 31 heavy (non-hydrogen) atoms. The first-order valence-electron chi connectivity index (χ1n) is 9.20. The van der Waals surface area contributed by atoms with Gasteiger partial charge in [0.25, 0.3) is 11.8 Å². The zero-order chi connectivity index (χ0) is 22.4. The van der Waals surface area contributed by atoms with Gasteiger partial charge in [0.15, 0.2) is 0 Å². The lowest BCUT2D eigenvalue weighted by Crippen LogP contribution is -2.33. The zero-order valence-corrected chi connectivity index (χ0v) is 17.1. The van der Waals surface area contributed by atoms with Crippen LogP contribution in [0.2, 0.25) is 0 Å². The van der Waals surface area contributed by atoms with Crippen LogP contribution in [0.25, 0.3) is 10.6 Å². The smallest absolute Gasteiger partial charge is 0.405 e. The molecule has 10 heteroatoms. The van der Waals surface area contributed by atoms with Crippen LogP contribution in [0.5, 0.6) is 5.75 Å². The van der Waals surface area contributed by atoms with Crippen molar-refractivity contribution >= 4 is 28.8 Å². The number of hydrogen-bond acceptors (Lipinski definition) is 5. The fraction of sp³-hybridized carbons (Fsp3) is 0.190. The summed E-state index contributed by atoms with van der Waals surface area (Å²) in [6.07, 6.45) is -4.48. The maximum absolute atomic E-state index is 12.4. The van der Waals surface area contributed by atoms with E-state index in [0.717, 1.165) is 11.3 Å². The van der Waals surface area contributed by atoms with Crippen LogP contribution in [0.1, 0.15) is 27.8 Å². The summed E-state index contributed by atoms with van der Waals surface area (Å²) in [6.45, 7) is 1.06. The Labute approximate surface area is 180 Å². The lowest BCUT2D eigenvalue weighted by molar-refractivity contribution is -0.123. The highest BCUT2D eigenvalue weighted by atomic mass is 32.1. The molecular weight excluding hydrogens is 431 g/mol. The van der Waals surface area contributed by atoms with Crippen LogP contribution in [-0.2, 0) is 0 Å². The maximum Gasteiger partial charge on any atom is 0.405 e. The van der Waals surface area contributed by atoms with Gasteiger partial charge in [0.2, 0.25) is 0 Å². The summed E-state index contributed by atoms with van der Waals surface area (Å²) in [5.74, 6) is -0.547. The number of alkyl halides is 3. The molecule has 0 bridgehead atoms. The molecule has 2 aromatic carbocycles. The highest BCUT2D eigenvalue weighted by Crippen LogP contribution is 2.26. The third-order valence-electron chi connectivity index (χ3n) is 4.00. The van der Waals surface area contributed by atoms with Gasteiger partial charge in [-0.1, -0.05) is 0 Å². The Bertz CT molecular complexity index is 1050. The molecule has 0 aliphatic rings. The monoisotopic (exact) mass is 449 g/mol. The number of halogens is 3. The van der Waals surface area contributed by atoms with Crippen molar-refractivity contribution in [3.63, 3.8) is 0 Å². The highest BCUT2D eigenvalue weighted by molar-refractivity contribution is 7.13. The number of nitrogens with one attached hydrogen (secondary N) is 2. The zero-order valence-electron chi connectivity index (χ0n) is 16.3. The first-order chi connectivity index (χ1) is 14.7. The van der Waals surface area contributed by atoms with E-state index in [9.17, 15) is 22.8 Å². The molecule has 2 N–H and O–H groups in total. The molecule has 3 aromatic rings. The minimum Gasteiger partial charge on any atom is -0.494 e. The van der Waals surface area contributed by atoms with E-state index in [0.29, 0.717) is 17.3 Å². The summed E-state index contributed by atoms with van der Waals surface area (Å²) < 4.78 is 42.0. The highest BCUT2D eigenvalue weighted by Gasteiger charge is 2.27. The molecule has 2 amide bonds. The number of carbonyl (C=O) groups excluding carboxylic acids is 2. The number of carbonyl (C=O) groups is 2. The maximum atomic E-state index is 12.4. The molecule has 1 heterocycles. The van der Waals surface area contributed by atoms with Crippen molar-refractivity contribution in [2.24, 2.45) is 0 Å². The second kappa shape index (κ2) is 9.61. The van der Waals surface area contributed by atoms with Crippen LogP contribution in [0, 0.1) is 0 Å². The third kappa shape index (κ3) is 6.29. The van der Waals surface area contributed by atoms with E-state index in [2.05, 4.69) is 10.3 Å². The summed E-state index contributed by atoms with van der Waals surface area (Å²) in [7, 11) is 0. The molecule has 0 saturated carbocycles. The molecule has 0 spiro atoms. The summed E-state index contributed by atoms with van der Waals surface area (Å²) in [5.41, 5.74) is 1.50. The first-order valence-corrected chi connectivity index (χ1v) is 10.1. The van der Waals surface area contributed by atoms with E-state index < -0.39 is 24.5 Å². The molecule has 0 saturated heterocycles. The van der Waals surface area contributed by atoms with Gasteiger partial charge in [-0.25, -0.2) is 4.98 Å². The lowest BCUT2D eigenvalue weighted by Gasteiger charge is -2.09. The molecule has 0 atom stereocenters. The number of amides is 2. The van der Waals surface area contributed by atoms with Gasteiger partial charge >= 0.3 is 6.18 Å². The summed E-state index contributed by atoms with van der Waals surface area (Å²) in [6, 6.07) is 12.9. The number of ether oxygens (including phenoxy) is 1. The predicted octanol–water partition coefficient (Wildman–Crippen LogP) is 4.75. The number of anilines is 1. The van der Waals surface area contributed by atoms with Crippen molar-refractivity contribution in [2.75, 3.05) is 18.5 Å². The van der Waals surface area contributed by atoms with Crippen LogP contribution >= 0.6 is 11.3 Å². The van der Waals surface area contributed by atoms with Crippen LogP contribution in [0.3, 0.4) is 0 Å². The average molecular weight is 449 g/mol. The van der Waals surface area contributed by atoms with Gasteiger partial charge < -0.3 is 15.4 Å². The number of nitrogens with zero attached hydrogens (tertiary/aromatic N) is 1. The van der Waals surface area contributed by atoms with Crippen LogP contribution in [-0.4, -0.2) is 36.1 Å². The van der Waals surface area contributed by atoms with Crippen LogP contribution in [0.15, 0.2) is 53.9 Å². The number of benzene rings is 2. The molecule has 3 rings (SSSR count). The minimum absolute atomic E-state index is 0.0497. The van der Waals surface area contributed by atoms with E-state index in [-0.39, 0.29) is 11.3 Å². The molecule has 0 radical (unpaired) electrons. The number of hydrogen-bond donors (Lipinski definition) is 2. The average Bonchev–Trinajstić information content (AvgIpc) is 3.23. The Kier molecular flexibility index (Phi) is 6.91. The SMILES string of the molecule is CCOc1ccc(-c2nc(C(=O)Nc3ccc(C(=O)NCC(F)(F)F)cc3)cs2)cc1. The second-order valence-electron chi connectivity index (χ2n) is 6.32. The normalized spacial score (nSPS) is 11.1. The fourth-order valence-corrected chi connectivity index (χ4v) is 3.36. The van der Waals surface area contributed by atoms with Crippen molar-refractivity contribution < 1.29 is 27.5 Å². The van der Waals surface area contributed by atoms with Gasteiger partial charge in [0, 0.05) is 22.2 Å². The molecule has 0 fully saturated rings. The Hall–Kier alpha value is -3.40. The van der Waals surface area contributed by atoms with Gasteiger partial charge in [0.05, 0.1) is 6.61 Å². The van der Waals surface area contributed by atoms with Crippen molar-refractivity contribution in [3.8, 4) is 16.3 Å². The van der Waals surface area contributed by atoms with E-state index in [4.69, 9.17) is 4.74 Å². The summed E-state index contributed by atoms with van der Waals surface area (Å²) in [4.78, 5) is 28.5. The molecular formula is C21H18F3N3O3S. The first kappa shape index (κ1) is 22.3. The molecule has 162 valence electrons. The van der Waals surface area contributed by atoms with E-state index in [1.807, 2.05) is 31.2 Å². The quantitative estimate of drug-likeness (QED) is 0.545. The molecule has 0 aliphatic heterocycles. The standard InChI is InChI=1S/C21H18F3N3O3S/c1-2-30-16-9-5-14(6-10-16)20-27-17(11-31-20)19(29)26-15-7-3-13(4-8-15)18(28)25-12-21(22,23)24/h3-11H,2,12H2,1H3,(H,25,28)(H,26,29). The van der Waals surface area contributed by atoms with Gasteiger partial charge in [-0.15, -0.1) is 11.3 Å². The number of thiazole rings is 1. The van der Waals surface area contributed by atoms with E-state index >= 15 is 0 Å². The minimum atomic E-state index is -4.48. The van der Waals surface area contributed by atoms with Crippen molar-refractivity contribution in [2.45, 2.75) is 13.1 Å². The van der Waals surface area contributed by atoms with Gasteiger partial charge in [0.1, 0.15) is 23.0 Å². The van der Waals surface area contributed by atoms with E-state index in [1.54, 1.807) is 10.7 Å². The predicted molar refractivity (Wildman–Crippen MR) is 112 cm³/mol. The lowest BCUT2D eigenvalue weighted by atomic mass is 10.2. The largest absolute Gasteiger partial charge is 0.494 e. The molecule has 0 aliphatic carbocycles. The van der Waals surface area contributed by atoms with Crippen LogP contribution in [0.4, 0.5) is 18.9 Å². The van der Waals surface area contributed by atoms with Gasteiger partial charge in [-0.3, -0.25) is 9.59 Å². The van der Waals surface area contributed by atoms with Gasteiger partial charge in [-0.2, -0.15) is 13.2 Å².